The number of ether oxygens (including phenoxy) is 1. The van der Waals surface area contributed by atoms with Gasteiger partial charge in [-0.25, -0.2) is 0 Å². The number of aromatic amines is 1. The molecule has 7 rings (SSSR count). The molecule has 2 aromatic heterocycles. The molecule has 0 amide bonds. The van der Waals surface area contributed by atoms with E-state index in [-0.39, 0.29) is 23.1 Å². The van der Waals surface area contributed by atoms with Crippen LogP contribution in [0.5, 0.6) is 11.5 Å². The first-order valence-electron chi connectivity index (χ1n) is 11.6. The molecule has 172 valence electrons. The lowest BCUT2D eigenvalue weighted by Crippen LogP contribution is -2.71. The number of aliphatic hydroxyl groups is 1. The van der Waals surface area contributed by atoms with Crippen molar-refractivity contribution in [3.8, 4) is 11.5 Å². The van der Waals surface area contributed by atoms with Gasteiger partial charge in [-0.2, -0.15) is 4.52 Å². The van der Waals surface area contributed by atoms with Gasteiger partial charge in [-0.15, -0.1) is 0 Å². The number of phenols is 1. The lowest BCUT2D eigenvalue weighted by Gasteiger charge is -2.59. The molecule has 0 radical (unpaired) electrons. The van der Waals surface area contributed by atoms with Gasteiger partial charge in [0.15, 0.2) is 17.6 Å². The Morgan fingerprint density at radius 2 is 2.15 bits per heavy atom. The number of aromatic nitrogens is 5. The molecule has 4 atom stereocenters. The van der Waals surface area contributed by atoms with E-state index in [2.05, 4.69) is 25.4 Å². The Morgan fingerprint density at radius 1 is 1.33 bits per heavy atom. The zero-order valence-corrected chi connectivity index (χ0v) is 18.6. The summed E-state index contributed by atoms with van der Waals surface area (Å²) >= 11 is 0. The van der Waals surface area contributed by atoms with Crippen LogP contribution in [-0.2, 0) is 11.8 Å². The second-order valence-corrected chi connectivity index (χ2v) is 10.4. The van der Waals surface area contributed by atoms with E-state index in [1.54, 1.807) is 13.0 Å². The standard InChI is InChI=1S/C23H26N6O4/c1-11-17(29-21(24-20(11)31)25-26-27-29)19-23-7-8-28(10-12-3-4-12)15(22(23,2)32)9-13-5-6-14(30)18(33-19)16(13)23/h5-6,12,15,19,30,32H,3-4,7-10H2,1-2H3,(H,24,25,27,31)/t15-,19+,22-,23+/m1/s1. The first-order valence-corrected chi connectivity index (χ1v) is 11.6. The Kier molecular flexibility index (Phi) is 3.61. The second kappa shape index (κ2) is 6.12. The summed E-state index contributed by atoms with van der Waals surface area (Å²) in [6.45, 7) is 5.42. The van der Waals surface area contributed by atoms with E-state index in [4.69, 9.17) is 4.74 Å². The normalized spacial score (nSPS) is 32.7. The van der Waals surface area contributed by atoms with Gasteiger partial charge >= 0.3 is 0 Å². The molecule has 4 heterocycles. The summed E-state index contributed by atoms with van der Waals surface area (Å²) in [5.41, 5.74) is 0.575. The molecule has 1 saturated carbocycles. The number of fused-ring (bicyclic) bond motifs is 2. The number of aromatic hydroxyl groups is 1. The number of hydrogen-bond acceptors (Lipinski definition) is 8. The minimum Gasteiger partial charge on any atom is -0.504 e. The highest BCUT2D eigenvalue weighted by Gasteiger charge is 2.69. The molecule has 1 saturated heterocycles. The number of nitrogens with one attached hydrogen (secondary N) is 1. The summed E-state index contributed by atoms with van der Waals surface area (Å²) in [5.74, 6) is 1.37. The Bertz CT molecular complexity index is 1380. The van der Waals surface area contributed by atoms with Crippen molar-refractivity contribution in [2.75, 3.05) is 13.1 Å². The van der Waals surface area contributed by atoms with E-state index in [0.29, 0.717) is 35.8 Å². The zero-order valence-electron chi connectivity index (χ0n) is 18.6. The fraction of sp³-hybridized carbons (Fsp3) is 0.565. The average Bonchev–Trinajstić information content (AvgIpc) is 3.35. The number of hydrogen-bond donors (Lipinski definition) is 3. The number of nitrogens with zero attached hydrogens (tertiary/aromatic N) is 5. The maximum atomic E-state index is 12.8. The number of phenolic OH excluding ortho intramolecular Hbond substituents is 1. The van der Waals surface area contributed by atoms with Crippen molar-refractivity contribution in [3.05, 3.63) is 44.9 Å². The maximum Gasteiger partial charge on any atom is 0.255 e. The lowest BCUT2D eigenvalue weighted by atomic mass is 9.53. The molecule has 4 aliphatic rings. The Balaban J connectivity index is 1.50. The van der Waals surface area contributed by atoms with Gasteiger partial charge in [-0.05, 0) is 74.1 Å². The summed E-state index contributed by atoms with van der Waals surface area (Å²) in [6.07, 6.45) is 3.09. The molecular formula is C23H26N6O4. The maximum absolute atomic E-state index is 12.8. The topological polar surface area (TPSA) is 129 Å². The van der Waals surface area contributed by atoms with Crippen molar-refractivity contribution in [1.82, 2.24) is 29.9 Å². The molecule has 1 aromatic carbocycles. The molecule has 10 nitrogen and oxygen atoms in total. The summed E-state index contributed by atoms with van der Waals surface area (Å²) in [4.78, 5) is 17.9. The van der Waals surface area contributed by atoms with Gasteiger partial charge in [0.1, 0.15) is 0 Å². The number of piperidine rings is 1. The second-order valence-electron chi connectivity index (χ2n) is 10.4. The van der Waals surface area contributed by atoms with Crippen LogP contribution in [0.25, 0.3) is 5.78 Å². The highest BCUT2D eigenvalue weighted by molar-refractivity contribution is 5.62. The first kappa shape index (κ1) is 19.5. The van der Waals surface area contributed by atoms with Crippen molar-refractivity contribution in [3.63, 3.8) is 0 Å². The minimum absolute atomic E-state index is 0.0423. The third-order valence-electron chi connectivity index (χ3n) is 8.64. The minimum atomic E-state index is -1.16. The van der Waals surface area contributed by atoms with E-state index >= 15 is 0 Å². The Morgan fingerprint density at radius 3 is 2.94 bits per heavy atom. The van der Waals surface area contributed by atoms with Crippen molar-refractivity contribution in [2.24, 2.45) is 5.92 Å². The summed E-state index contributed by atoms with van der Waals surface area (Å²) < 4.78 is 8.00. The van der Waals surface area contributed by atoms with Crippen LogP contribution in [0.2, 0.25) is 0 Å². The highest BCUT2D eigenvalue weighted by atomic mass is 16.5. The predicted molar refractivity (Wildman–Crippen MR) is 116 cm³/mol. The molecule has 10 heteroatoms. The summed E-state index contributed by atoms with van der Waals surface area (Å²) in [6, 6.07) is 3.53. The van der Waals surface area contributed by atoms with Crippen LogP contribution >= 0.6 is 0 Å². The largest absolute Gasteiger partial charge is 0.504 e. The molecule has 33 heavy (non-hydrogen) atoms. The Labute approximate surface area is 189 Å². The fourth-order valence-corrected chi connectivity index (χ4v) is 6.78. The monoisotopic (exact) mass is 450 g/mol. The number of H-pyrrole nitrogens is 1. The number of rotatable bonds is 3. The predicted octanol–water partition coefficient (Wildman–Crippen LogP) is 0.990. The van der Waals surface area contributed by atoms with Crippen LogP contribution in [0.15, 0.2) is 16.9 Å². The number of benzene rings is 1. The van der Waals surface area contributed by atoms with Crippen LogP contribution in [0.4, 0.5) is 0 Å². The van der Waals surface area contributed by atoms with Gasteiger partial charge in [0, 0.05) is 23.7 Å². The van der Waals surface area contributed by atoms with Crippen molar-refractivity contribution in [1.29, 1.82) is 0 Å². The highest BCUT2D eigenvalue weighted by Crippen LogP contribution is 2.66. The number of likely N-dealkylation sites (tertiary alicyclic amines) is 1. The van der Waals surface area contributed by atoms with Crippen molar-refractivity contribution in [2.45, 2.75) is 62.7 Å². The van der Waals surface area contributed by atoms with E-state index in [9.17, 15) is 15.0 Å². The quantitative estimate of drug-likeness (QED) is 0.539. The summed E-state index contributed by atoms with van der Waals surface area (Å²) in [7, 11) is 0. The van der Waals surface area contributed by atoms with E-state index < -0.39 is 17.1 Å². The molecule has 2 fully saturated rings. The van der Waals surface area contributed by atoms with Gasteiger partial charge in [0.2, 0.25) is 0 Å². The SMILES string of the molecule is Cc1c([C@@H]2Oc3c(O)ccc4c3[C@@]23CCN(CC2CC2)[C@H](C4)[C@@]3(C)O)n2nnnc2[nH]c1=O. The average molecular weight is 450 g/mol. The Hall–Kier alpha value is -2.98. The molecule has 1 spiro atoms. The smallest absolute Gasteiger partial charge is 0.255 e. The third-order valence-corrected chi connectivity index (χ3v) is 8.64. The van der Waals surface area contributed by atoms with Gasteiger partial charge in [0.25, 0.3) is 11.3 Å². The van der Waals surface area contributed by atoms with Gasteiger partial charge < -0.3 is 14.9 Å². The number of tetrazole rings is 1. The third kappa shape index (κ3) is 2.30. The molecule has 3 N–H and O–H groups in total. The van der Waals surface area contributed by atoms with Crippen molar-refractivity contribution >= 4 is 5.78 Å². The lowest BCUT2D eigenvalue weighted by molar-refractivity contribution is -0.156. The van der Waals surface area contributed by atoms with Crippen molar-refractivity contribution < 1.29 is 14.9 Å². The van der Waals surface area contributed by atoms with Crippen LogP contribution in [0.3, 0.4) is 0 Å². The zero-order chi connectivity index (χ0) is 22.7. The van der Waals surface area contributed by atoms with E-state index in [0.717, 1.165) is 24.2 Å². The van der Waals surface area contributed by atoms with Gasteiger partial charge in [0.05, 0.1) is 16.7 Å². The van der Waals surface area contributed by atoms with E-state index in [1.165, 1.54) is 17.4 Å². The molecule has 2 aliphatic heterocycles. The first-order chi connectivity index (χ1) is 15.8. The molecule has 3 aromatic rings. The van der Waals surface area contributed by atoms with Gasteiger partial charge in [-0.3, -0.25) is 14.7 Å². The van der Waals surface area contributed by atoms with Gasteiger partial charge in [-0.1, -0.05) is 11.2 Å². The van der Waals surface area contributed by atoms with Crippen LogP contribution in [0, 0.1) is 12.8 Å². The molecule has 2 bridgehead atoms. The van der Waals surface area contributed by atoms with Crippen LogP contribution in [0.1, 0.15) is 54.7 Å². The summed E-state index contributed by atoms with van der Waals surface area (Å²) in [5, 5.41) is 34.9. The van der Waals surface area contributed by atoms with Crippen LogP contribution in [-0.4, -0.2) is 64.9 Å². The molecule has 2 aliphatic carbocycles. The molecule has 0 unspecified atom stereocenters. The van der Waals surface area contributed by atoms with Crippen LogP contribution < -0.4 is 10.3 Å². The fourth-order valence-electron chi connectivity index (χ4n) is 6.78. The molecular weight excluding hydrogens is 424 g/mol. The van der Waals surface area contributed by atoms with E-state index in [1.807, 2.05) is 13.0 Å².